The van der Waals surface area contributed by atoms with Crippen LogP contribution >= 0.6 is 0 Å². The molecule has 4 nitrogen and oxygen atoms in total. The summed E-state index contributed by atoms with van der Waals surface area (Å²) >= 11 is 0. The van der Waals surface area contributed by atoms with E-state index in [-0.39, 0.29) is 12.5 Å². The van der Waals surface area contributed by atoms with Gasteiger partial charge in [0, 0.05) is 6.42 Å². The second-order valence-corrected chi connectivity index (χ2v) is 22.9. The number of allylic oxidation sites excluding steroid dienone is 4. The highest BCUT2D eigenvalue weighted by Crippen LogP contribution is 2.19. The molecule has 71 heavy (non-hydrogen) atoms. The molecule has 422 valence electrons. The van der Waals surface area contributed by atoms with Gasteiger partial charge >= 0.3 is 0 Å². The van der Waals surface area contributed by atoms with Crippen LogP contribution in [0.5, 0.6) is 0 Å². The molecule has 0 saturated heterocycles. The SMILES string of the molecule is CCCCCCCCCCCCC/C=C\C/C=C\CCCCCCCCCCCCCCCCCCCC(=O)NC(CO)C(O)CCCCCCCCCCCCCCCCCCCCCCCCCC. The second-order valence-electron chi connectivity index (χ2n) is 22.9. The lowest BCUT2D eigenvalue weighted by Crippen LogP contribution is -2.45. The van der Waals surface area contributed by atoms with Gasteiger partial charge in [-0.3, -0.25) is 4.79 Å². The maximum Gasteiger partial charge on any atom is 0.220 e. The van der Waals surface area contributed by atoms with Crippen molar-refractivity contribution >= 4 is 5.91 Å². The molecule has 0 aliphatic heterocycles. The minimum absolute atomic E-state index is 0.0235. The maximum atomic E-state index is 12.5. The highest BCUT2D eigenvalue weighted by Gasteiger charge is 2.20. The number of aliphatic hydroxyl groups excluding tert-OH is 2. The van der Waals surface area contributed by atoms with Gasteiger partial charge in [-0.1, -0.05) is 353 Å². The largest absolute Gasteiger partial charge is 0.394 e. The third-order valence-corrected chi connectivity index (χ3v) is 15.7. The van der Waals surface area contributed by atoms with Gasteiger partial charge in [-0.15, -0.1) is 0 Å². The maximum absolute atomic E-state index is 12.5. The van der Waals surface area contributed by atoms with E-state index in [1.807, 2.05) is 0 Å². The first-order valence-electron chi connectivity index (χ1n) is 33.0. The lowest BCUT2D eigenvalue weighted by atomic mass is 10.0. The Morgan fingerprint density at radius 3 is 0.845 bits per heavy atom. The van der Waals surface area contributed by atoms with Crippen molar-refractivity contribution in [3.63, 3.8) is 0 Å². The van der Waals surface area contributed by atoms with Gasteiger partial charge in [0.1, 0.15) is 0 Å². The summed E-state index contributed by atoms with van der Waals surface area (Å²) < 4.78 is 0. The standard InChI is InChI=1S/C67H131NO3/c1-3-5-7-9-11-13-15-17-19-21-23-25-27-29-30-31-32-33-34-35-36-37-38-39-41-43-45-47-49-51-53-55-57-59-61-63-67(71)68-65(64-69)66(70)62-60-58-56-54-52-50-48-46-44-42-40-28-26-24-22-20-18-16-14-12-10-8-6-4-2/h27,29,31-32,65-66,69-70H,3-26,28,30,33-64H2,1-2H3,(H,68,71)/b29-27-,32-31-. The lowest BCUT2D eigenvalue weighted by molar-refractivity contribution is -0.123. The molecule has 0 bridgehead atoms. The quantitative estimate of drug-likeness (QED) is 0.0420. The number of rotatable bonds is 62. The topological polar surface area (TPSA) is 69.6 Å². The zero-order chi connectivity index (χ0) is 51.3. The van der Waals surface area contributed by atoms with Gasteiger partial charge in [-0.25, -0.2) is 0 Å². The molecule has 0 aliphatic carbocycles. The van der Waals surface area contributed by atoms with E-state index >= 15 is 0 Å². The predicted octanol–water partition coefficient (Wildman–Crippen LogP) is 22.2. The molecule has 2 atom stereocenters. The number of hydrogen-bond acceptors (Lipinski definition) is 3. The van der Waals surface area contributed by atoms with E-state index in [2.05, 4.69) is 43.5 Å². The highest BCUT2D eigenvalue weighted by atomic mass is 16.3. The molecule has 0 fully saturated rings. The van der Waals surface area contributed by atoms with Crippen molar-refractivity contribution < 1.29 is 15.0 Å². The minimum atomic E-state index is -0.659. The van der Waals surface area contributed by atoms with E-state index in [9.17, 15) is 15.0 Å². The third kappa shape index (κ3) is 59.6. The molecule has 3 N–H and O–H groups in total. The summed E-state index contributed by atoms with van der Waals surface area (Å²) in [5, 5.41) is 23.4. The van der Waals surface area contributed by atoms with Crippen molar-refractivity contribution in [2.75, 3.05) is 6.61 Å². The normalized spacial score (nSPS) is 12.8. The zero-order valence-corrected chi connectivity index (χ0v) is 48.8. The van der Waals surface area contributed by atoms with Gasteiger partial charge in [-0.05, 0) is 44.9 Å². The molecule has 0 saturated carbocycles. The number of unbranched alkanes of at least 4 members (excludes halogenated alkanes) is 51. The number of hydrogen-bond donors (Lipinski definition) is 3. The van der Waals surface area contributed by atoms with Gasteiger partial charge in [0.05, 0.1) is 18.8 Å². The van der Waals surface area contributed by atoms with E-state index in [0.29, 0.717) is 12.8 Å². The molecular weight excluding hydrogens is 867 g/mol. The van der Waals surface area contributed by atoms with Crippen LogP contribution in [0.1, 0.15) is 380 Å². The van der Waals surface area contributed by atoms with E-state index in [0.717, 1.165) is 32.1 Å². The average molecular weight is 999 g/mol. The van der Waals surface area contributed by atoms with Crippen LogP contribution in [0.3, 0.4) is 0 Å². The Bertz CT molecular complexity index is 1040. The molecule has 0 heterocycles. The molecule has 4 heteroatoms. The fraction of sp³-hybridized carbons (Fsp3) is 0.925. The Morgan fingerprint density at radius 2 is 0.577 bits per heavy atom. The minimum Gasteiger partial charge on any atom is -0.394 e. The van der Waals surface area contributed by atoms with Gasteiger partial charge < -0.3 is 15.5 Å². The molecule has 0 spiro atoms. The molecule has 1 amide bonds. The number of carbonyl (C=O) groups excluding carboxylic acids is 1. The lowest BCUT2D eigenvalue weighted by Gasteiger charge is -2.22. The summed E-state index contributed by atoms with van der Waals surface area (Å²) in [4.78, 5) is 12.5. The number of carbonyl (C=O) groups is 1. The van der Waals surface area contributed by atoms with Crippen LogP contribution in [0.2, 0.25) is 0 Å². The first kappa shape index (κ1) is 69.9. The molecule has 2 unspecified atom stereocenters. The van der Waals surface area contributed by atoms with Gasteiger partial charge in [-0.2, -0.15) is 0 Å². The van der Waals surface area contributed by atoms with Crippen LogP contribution < -0.4 is 5.32 Å². The summed E-state index contributed by atoms with van der Waals surface area (Å²) in [6.45, 7) is 4.41. The molecule has 0 aromatic heterocycles. The smallest absolute Gasteiger partial charge is 0.220 e. The fourth-order valence-electron chi connectivity index (χ4n) is 10.7. The van der Waals surface area contributed by atoms with E-state index < -0.39 is 12.1 Å². The van der Waals surface area contributed by atoms with Gasteiger partial charge in [0.15, 0.2) is 0 Å². The summed E-state index contributed by atoms with van der Waals surface area (Å²) in [6.07, 6.45) is 85.0. The zero-order valence-electron chi connectivity index (χ0n) is 48.8. The predicted molar refractivity (Wildman–Crippen MR) is 318 cm³/mol. The van der Waals surface area contributed by atoms with Crippen LogP contribution in [0, 0.1) is 0 Å². The van der Waals surface area contributed by atoms with Crippen LogP contribution in [-0.4, -0.2) is 34.9 Å². The van der Waals surface area contributed by atoms with Crippen molar-refractivity contribution in [3.8, 4) is 0 Å². The number of amides is 1. The van der Waals surface area contributed by atoms with Crippen molar-refractivity contribution in [2.24, 2.45) is 0 Å². The summed E-state index contributed by atoms with van der Waals surface area (Å²) in [7, 11) is 0. The highest BCUT2D eigenvalue weighted by molar-refractivity contribution is 5.76. The fourth-order valence-corrected chi connectivity index (χ4v) is 10.7. The number of aliphatic hydroxyl groups is 2. The molecule has 0 aromatic carbocycles. The van der Waals surface area contributed by atoms with E-state index in [4.69, 9.17) is 0 Å². The Kier molecular flexibility index (Phi) is 62.2. The summed E-state index contributed by atoms with van der Waals surface area (Å²) in [5.74, 6) is -0.0235. The van der Waals surface area contributed by atoms with Crippen LogP contribution in [0.25, 0.3) is 0 Å². The van der Waals surface area contributed by atoms with Crippen molar-refractivity contribution in [1.29, 1.82) is 0 Å². The first-order chi connectivity index (χ1) is 35.2. The van der Waals surface area contributed by atoms with Crippen molar-refractivity contribution in [2.45, 2.75) is 392 Å². The Morgan fingerprint density at radius 1 is 0.338 bits per heavy atom. The van der Waals surface area contributed by atoms with Crippen LogP contribution in [-0.2, 0) is 4.79 Å². The van der Waals surface area contributed by atoms with Gasteiger partial charge in [0.25, 0.3) is 0 Å². The second kappa shape index (κ2) is 63.2. The van der Waals surface area contributed by atoms with Crippen molar-refractivity contribution in [3.05, 3.63) is 24.3 Å². The van der Waals surface area contributed by atoms with Crippen LogP contribution in [0.4, 0.5) is 0 Å². The molecule has 0 rings (SSSR count). The third-order valence-electron chi connectivity index (χ3n) is 15.7. The first-order valence-corrected chi connectivity index (χ1v) is 33.0. The molecule has 0 radical (unpaired) electrons. The average Bonchev–Trinajstić information content (AvgIpc) is 3.37. The molecule has 0 aromatic rings. The molecular formula is C67H131NO3. The van der Waals surface area contributed by atoms with E-state index in [1.54, 1.807) is 0 Å². The van der Waals surface area contributed by atoms with Crippen LogP contribution in [0.15, 0.2) is 24.3 Å². The Hall–Kier alpha value is -1.13. The van der Waals surface area contributed by atoms with Crippen molar-refractivity contribution in [1.82, 2.24) is 5.32 Å². The van der Waals surface area contributed by atoms with E-state index in [1.165, 1.54) is 321 Å². The molecule has 0 aliphatic rings. The Balaban J connectivity index is 3.40. The summed E-state index contributed by atoms with van der Waals surface area (Å²) in [6, 6.07) is -0.536. The monoisotopic (exact) mass is 998 g/mol. The number of nitrogens with one attached hydrogen (secondary N) is 1. The van der Waals surface area contributed by atoms with Gasteiger partial charge in [0.2, 0.25) is 5.91 Å². The summed E-state index contributed by atoms with van der Waals surface area (Å²) in [5.41, 5.74) is 0. The Labute approximate surface area is 447 Å².